The van der Waals surface area contributed by atoms with Gasteiger partial charge in [-0.3, -0.25) is 9.59 Å². The van der Waals surface area contributed by atoms with E-state index in [9.17, 15) is 31.9 Å². The third-order valence-electron chi connectivity index (χ3n) is 7.90. The number of primary amides is 1. The molecule has 5 rings (SSSR count). The molecule has 1 fully saturated rings. The van der Waals surface area contributed by atoms with Crippen molar-refractivity contribution < 1.29 is 50.6 Å². The van der Waals surface area contributed by atoms with Crippen LogP contribution in [0, 0.1) is 11.6 Å². The molecule has 0 unspecified atom stereocenters. The first-order valence-electron chi connectivity index (χ1n) is 16.2. The number of benzene rings is 2. The monoisotopic (exact) mass is 729 g/mol. The number of nitrogens with one attached hydrogen (secondary N) is 1. The molecule has 0 aliphatic carbocycles. The lowest BCUT2D eigenvalue weighted by atomic mass is 10.2. The maximum absolute atomic E-state index is 14.1. The molecule has 52 heavy (non-hydrogen) atoms. The van der Waals surface area contributed by atoms with Gasteiger partial charge in [0.1, 0.15) is 11.6 Å². The standard InChI is InChI=1S/C34H35F4N7O7/c1-20(50-33(39)48)29-28(30(47)42-19-22-6-8-23(35)18-24(22)36)43-31(52-29)21-7-9-25(51-32(37)38)26(17-21)49-16-3-2-5-27(46)44-12-14-45(15-13-44)34-40-10-4-11-41-34/h4,6-11,17-18,20,32H,2-3,5,12-16,19H2,1H3,(H2,39,48)(H,42,47)/t20-/m0/s1. The van der Waals surface area contributed by atoms with Crippen molar-refractivity contribution in [1.82, 2.24) is 25.2 Å². The zero-order valence-corrected chi connectivity index (χ0v) is 27.9. The number of piperazine rings is 1. The molecule has 3 N–H and O–H groups in total. The van der Waals surface area contributed by atoms with Crippen LogP contribution in [0.1, 0.15) is 54.1 Å². The molecular formula is C34H35F4N7O7. The molecule has 276 valence electrons. The van der Waals surface area contributed by atoms with E-state index in [0.717, 1.165) is 12.1 Å². The summed E-state index contributed by atoms with van der Waals surface area (Å²) in [6.45, 7) is 0.165. The van der Waals surface area contributed by atoms with Crippen molar-refractivity contribution in [3.63, 3.8) is 0 Å². The Balaban J connectivity index is 1.23. The van der Waals surface area contributed by atoms with E-state index < -0.39 is 36.4 Å². The van der Waals surface area contributed by atoms with Gasteiger partial charge < -0.3 is 39.5 Å². The molecule has 1 saturated heterocycles. The summed E-state index contributed by atoms with van der Waals surface area (Å²) in [7, 11) is 0. The number of hydrogen-bond donors (Lipinski definition) is 2. The number of hydrogen-bond acceptors (Lipinski definition) is 11. The fourth-order valence-electron chi connectivity index (χ4n) is 5.32. The van der Waals surface area contributed by atoms with E-state index >= 15 is 0 Å². The van der Waals surface area contributed by atoms with Crippen LogP contribution in [0.3, 0.4) is 0 Å². The summed E-state index contributed by atoms with van der Waals surface area (Å²) in [4.78, 5) is 53.9. The van der Waals surface area contributed by atoms with E-state index in [1.54, 1.807) is 23.4 Å². The van der Waals surface area contributed by atoms with Crippen molar-refractivity contribution in [2.24, 2.45) is 5.73 Å². The fourth-order valence-corrected chi connectivity index (χ4v) is 5.32. The summed E-state index contributed by atoms with van der Waals surface area (Å²) < 4.78 is 75.1. The number of halogens is 4. The summed E-state index contributed by atoms with van der Waals surface area (Å²) in [5.41, 5.74) is 4.96. The summed E-state index contributed by atoms with van der Waals surface area (Å²) in [6.07, 6.45) is 2.09. The highest BCUT2D eigenvalue weighted by atomic mass is 19.3. The second kappa shape index (κ2) is 17.3. The van der Waals surface area contributed by atoms with Crippen molar-refractivity contribution in [1.29, 1.82) is 0 Å². The average molecular weight is 730 g/mol. The second-order valence-electron chi connectivity index (χ2n) is 11.5. The normalized spacial score (nSPS) is 13.5. The van der Waals surface area contributed by atoms with E-state index in [2.05, 4.69) is 25.0 Å². The highest BCUT2D eigenvalue weighted by Gasteiger charge is 2.28. The Hall–Kier alpha value is -5.94. The minimum Gasteiger partial charge on any atom is -0.490 e. The van der Waals surface area contributed by atoms with Gasteiger partial charge in [-0.1, -0.05) is 6.07 Å². The molecule has 1 atom stereocenters. The van der Waals surface area contributed by atoms with Crippen LogP contribution >= 0.6 is 0 Å². The first kappa shape index (κ1) is 37.3. The van der Waals surface area contributed by atoms with E-state index in [1.807, 2.05) is 4.90 Å². The van der Waals surface area contributed by atoms with Crippen LogP contribution in [-0.2, 0) is 16.1 Å². The van der Waals surface area contributed by atoms with Gasteiger partial charge in [-0.05, 0) is 50.1 Å². The topological polar surface area (TPSA) is 175 Å². The number of anilines is 1. The highest BCUT2D eigenvalue weighted by molar-refractivity contribution is 5.94. The summed E-state index contributed by atoms with van der Waals surface area (Å²) in [6, 6.07) is 8.42. The van der Waals surface area contributed by atoms with Crippen LogP contribution in [0.4, 0.5) is 28.3 Å². The van der Waals surface area contributed by atoms with Crippen molar-refractivity contribution in [3.05, 3.63) is 83.5 Å². The SMILES string of the molecule is C[C@H](OC(N)=O)c1oc(-c2ccc(OC(F)F)c(OCCCCC(=O)N3CCN(c4ncccn4)CC3)c2)nc1C(=O)NCc1ccc(F)cc1F. The lowest BCUT2D eigenvalue weighted by molar-refractivity contribution is -0.131. The second-order valence-corrected chi connectivity index (χ2v) is 11.5. The number of nitrogens with zero attached hydrogens (tertiary/aromatic N) is 5. The van der Waals surface area contributed by atoms with Gasteiger partial charge in [-0.2, -0.15) is 8.78 Å². The number of alkyl halides is 2. The van der Waals surface area contributed by atoms with Crippen LogP contribution in [0.25, 0.3) is 11.5 Å². The third kappa shape index (κ3) is 9.85. The number of rotatable bonds is 15. The summed E-state index contributed by atoms with van der Waals surface area (Å²) in [5, 5.41) is 2.45. The van der Waals surface area contributed by atoms with Gasteiger partial charge in [0.15, 0.2) is 29.1 Å². The van der Waals surface area contributed by atoms with Gasteiger partial charge in [0, 0.05) is 68.7 Å². The Morgan fingerprint density at radius 3 is 2.44 bits per heavy atom. The fraction of sp³-hybridized carbons (Fsp3) is 0.353. The molecule has 0 radical (unpaired) electrons. The van der Waals surface area contributed by atoms with Crippen LogP contribution < -0.4 is 25.4 Å². The molecule has 14 nitrogen and oxygen atoms in total. The predicted octanol–water partition coefficient (Wildman–Crippen LogP) is 5.00. The maximum Gasteiger partial charge on any atom is 0.405 e. The average Bonchev–Trinajstić information content (AvgIpc) is 3.58. The van der Waals surface area contributed by atoms with E-state index in [0.29, 0.717) is 51.0 Å². The largest absolute Gasteiger partial charge is 0.490 e. The van der Waals surface area contributed by atoms with Gasteiger partial charge in [0.25, 0.3) is 5.91 Å². The van der Waals surface area contributed by atoms with Crippen molar-refractivity contribution in [2.75, 3.05) is 37.7 Å². The molecule has 0 bridgehead atoms. The molecule has 0 saturated carbocycles. The molecule has 1 aliphatic rings. The first-order valence-corrected chi connectivity index (χ1v) is 16.2. The molecule has 1 aliphatic heterocycles. The summed E-state index contributed by atoms with van der Waals surface area (Å²) in [5.74, 6) is -2.73. The Morgan fingerprint density at radius 1 is 1.00 bits per heavy atom. The van der Waals surface area contributed by atoms with E-state index in [1.165, 1.54) is 25.1 Å². The summed E-state index contributed by atoms with van der Waals surface area (Å²) >= 11 is 0. The Bertz CT molecular complexity index is 1860. The Labute approximate surface area is 294 Å². The van der Waals surface area contributed by atoms with Gasteiger partial charge >= 0.3 is 12.7 Å². The highest BCUT2D eigenvalue weighted by Crippen LogP contribution is 2.36. The zero-order chi connectivity index (χ0) is 37.2. The number of carbonyl (C=O) groups is 3. The van der Waals surface area contributed by atoms with E-state index in [4.69, 9.17) is 19.6 Å². The first-order chi connectivity index (χ1) is 25.0. The predicted molar refractivity (Wildman–Crippen MR) is 175 cm³/mol. The molecule has 18 heteroatoms. The minimum absolute atomic E-state index is 0.0144. The lowest BCUT2D eigenvalue weighted by Gasteiger charge is -2.34. The number of nitrogens with two attached hydrogens (primary N) is 1. The Morgan fingerprint density at radius 2 is 1.75 bits per heavy atom. The number of unbranched alkanes of at least 4 members (excludes halogenated alkanes) is 1. The zero-order valence-electron chi connectivity index (χ0n) is 27.9. The molecular weight excluding hydrogens is 694 g/mol. The van der Waals surface area contributed by atoms with Gasteiger partial charge in [-0.25, -0.2) is 28.5 Å². The quantitative estimate of drug-likeness (QED) is 0.125. The number of carbonyl (C=O) groups excluding carboxylic acids is 3. The molecule has 4 aromatic rings. The van der Waals surface area contributed by atoms with Gasteiger partial charge in [-0.15, -0.1) is 0 Å². The number of amides is 3. The number of ether oxygens (including phenoxy) is 3. The lowest BCUT2D eigenvalue weighted by Crippen LogP contribution is -2.49. The maximum atomic E-state index is 14.1. The number of aromatic nitrogens is 3. The smallest absolute Gasteiger partial charge is 0.405 e. The molecule has 0 spiro atoms. The molecule has 2 aromatic carbocycles. The van der Waals surface area contributed by atoms with Gasteiger partial charge in [0.2, 0.25) is 17.7 Å². The number of oxazole rings is 1. The molecule has 3 amide bonds. The van der Waals surface area contributed by atoms with Crippen LogP contribution in [0.5, 0.6) is 11.5 Å². The van der Waals surface area contributed by atoms with Crippen molar-refractivity contribution in [2.45, 2.75) is 45.4 Å². The molecule has 2 aromatic heterocycles. The molecule has 3 heterocycles. The van der Waals surface area contributed by atoms with Crippen molar-refractivity contribution in [3.8, 4) is 23.0 Å². The van der Waals surface area contributed by atoms with Crippen LogP contribution in [0.2, 0.25) is 0 Å². The van der Waals surface area contributed by atoms with Gasteiger partial charge in [0.05, 0.1) is 6.61 Å². The van der Waals surface area contributed by atoms with Crippen molar-refractivity contribution >= 4 is 23.9 Å². The van der Waals surface area contributed by atoms with Crippen LogP contribution in [-0.4, -0.2) is 77.2 Å². The third-order valence-corrected chi connectivity index (χ3v) is 7.90. The Kier molecular flexibility index (Phi) is 12.4. The van der Waals surface area contributed by atoms with E-state index in [-0.39, 0.29) is 65.5 Å². The minimum atomic E-state index is -3.17. The van der Waals surface area contributed by atoms with Crippen LogP contribution in [0.15, 0.2) is 59.3 Å².